The number of likely N-dealkylation sites (tertiary alicyclic amines) is 1. The van der Waals surface area contributed by atoms with Crippen LogP contribution in [0.15, 0.2) is 18.2 Å². The van der Waals surface area contributed by atoms with Gasteiger partial charge in [0.1, 0.15) is 5.82 Å². The number of halogens is 2. The van der Waals surface area contributed by atoms with Gasteiger partial charge in [-0.15, -0.1) is 12.4 Å². The molecule has 0 unspecified atom stereocenters. The second-order valence-electron chi connectivity index (χ2n) is 4.93. The molecule has 0 saturated carbocycles. The minimum atomic E-state index is -0.0775. The molecule has 4 heteroatoms. The standard InChI is InChI=1S/C14H21FN2.ClH/c1-11-3-4-14(15)12(9-11)10-17-7-5-13(16-2)6-8-17;/h3-4,9,13,16H,5-8,10H2,1-2H3;1H. The van der Waals surface area contributed by atoms with Gasteiger partial charge in [-0.05, 0) is 46.0 Å². The van der Waals surface area contributed by atoms with Crippen LogP contribution in [0.4, 0.5) is 4.39 Å². The van der Waals surface area contributed by atoms with Gasteiger partial charge in [-0.25, -0.2) is 4.39 Å². The SMILES string of the molecule is CNC1CCN(Cc2cc(C)ccc2F)CC1.Cl. The van der Waals surface area contributed by atoms with Crippen LogP contribution in [0.1, 0.15) is 24.0 Å². The number of benzene rings is 1. The van der Waals surface area contributed by atoms with Crippen LogP contribution in [0.2, 0.25) is 0 Å². The monoisotopic (exact) mass is 272 g/mol. The van der Waals surface area contributed by atoms with Crippen LogP contribution < -0.4 is 5.32 Å². The number of nitrogens with one attached hydrogen (secondary N) is 1. The van der Waals surface area contributed by atoms with Crippen molar-refractivity contribution < 1.29 is 4.39 Å². The van der Waals surface area contributed by atoms with Gasteiger partial charge in [0.05, 0.1) is 0 Å². The van der Waals surface area contributed by atoms with Gasteiger partial charge in [0.25, 0.3) is 0 Å². The Morgan fingerprint density at radius 3 is 2.61 bits per heavy atom. The summed E-state index contributed by atoms with van der Waals surface area (Å²) in [6.07, 6.45) is 2.31. The molecule has 0 radical (unpaired) electrons. The Bertz CT molecular complexity index is 376. The molecule has 0 spiro atoms. The van der Waals surface area contributed by atoms with Crippen LogP contribution in [-0.4, -0.2) is 31.1 Å². The lowest BCUT2D eigenvalue weighted by molar-refractivity contribution is 0.192. The van der Waals surface area contributed by atoms with Gasteiger partial charge < -0.3 is 5.32 Å². The molecule has 1 saturated heterocycles. The van der Waals surface area contributed by atoms with Gasteiger partial charge in [0, 0.05) is 18.2 Å². The Morgan fingerprint density at radius 1 is 1.33 bits per heavy atom. The van der Waals surface area contributed by atoms with Crippen molar-refractivity contribution in [2.75, 3.05) is 20.1 Å². The summed E-state index contributed by atoms with van der Waals surface area (Å²) in [6.45, 7) is 4.86. The summed E-state index contributed by atoms with van der Waals surface area (Å²) in [5.41, 5.74) is 1.96. The summed E-state index contributed by atoms with van der Waals surface area (Å²) < 4.78 is 13.6. The lowest BCUT2D eigenvalue weighted by atomic mass is 10.0. The van der Waals surface area contributed by atoms with Crippen molar-refractivity contribution in [3.8, 4) is 0 Å². The molecular weight excluding hydrogens is 251 g/mol. The summed E-state index contributed by atoms with van der Waals surface area (Å²) >= 11 is 0. The predicted molar refractivity (Wildman–Crippen MR) is 75.7 cm³/mol. The van der Waals surface area contributed by atoms with E-state index >= 15 is 0 Å². The molecule has 1 aromatic rings. The zero-order valence-corrected chi connectivity index (χ0v) is 11.9. The fourth-order valence-electron chi connectivity index (χ4n) is 2.45. The molecule has 1 aliphatic heterocycles. The van der Waals surface area contributed by atoms with Gasteiger partial charge >= 0.3 is 0 Å². The van der Waals surface area contributed by atoms with E-state index in [1.807, 2.05) is 26.1 Å². The van der Waals surface area contributed by atoms with Crippen LogP contribution in [0.5, 0.6) is 0 Å². The number of hydrogen-bond donors (Lipinski definition) is 1. The van der Waals surface area contributed by atoms with Crippen LogP contribution >= 0.6 is 12.4 Å². The molecule has 0 aromatic heterocycles. The van der Waals surface area contributed by atoms with E-state index in [1.165, 1.54) is 0 Å². The highest BCUT2D eigenvalue weighted by atomic mass is 35.5. The molecule has 1 N–H and O–H groups in total. The molecule has 1 aromatic carbocycles. The molecular formula is C14H22ClFN2. The summed E-state index contributed by atoms with van der Waals surface area (Å²) in [6, 6.07) is 5.99. The highest BCUT2D eigenvalue weighted by Crippen LogP contribution is 2.16. The minimum absolute atomic E-state index is 0. The normalized spacial score (nSPS) is 17.5. The van der Waals surface area contributed by atoms with E-state index < -0.39 is 0 Å². The largest absolute Gasteiger partial charge is 0.317 e. The quantitative estimate of drug-likeness (QED) is 0.910. The fourth-order valence-corrected chi connectivity index (χ4v) is 2.45. The van der Waals surface area contributed by atoms with Crippen LogP contribution in [0, 0.1) is 12.7 Å². The first-order valence-electron chi connectivity index (χ1n) is 6.33. The summed E-state index contributed by atoms with van der Waals surface area (Å²) in [7, 11) is 2.01. The third kappa shape index (κ3) is 3.94. The van der Waals surface area contributed by atoms with Crippen molar-refractivity contribution in [3.63, 3.8) is 0 Å². The van der Waals surface area contributed by atoms with Gasteiger partial charge in [-0.2, -0.15) is 0 Å². The lowest BCUT2D eigenvalue weighted by Crippen LogP contribution is -2.40. The van der Waals surface area contributed by atoms with Crippen molar-refractivity contribution in [1.82, 2.24) is 10.2 Å². The van der Waals surface area contributed by atoms with Crippen LogP contribution in [-0.2, 0) is 6.54 Å². The molecule has 0 aliphatic carbocycles. The molecule has 2 rings (SSSR count). The van der Waals surface area contributed by atoms with Gasteiger partial charge in [0.15, 0.2) is 0 Å². The number of piperidine rings is 1. The summed E-state index contributed by atoms with van der Waals surface area (Å²) in [5, 5.41) is 3.31. The number of aryl methyl sites for hydroxylation is 1. The third-order valence-corrected chi connectivity index (χ3v) is 3.59. The minimum Gasteiger partial charge on any atom is -0.317 e. The average molecular weight is 273 g/mol. The first-order valence-corrected chi connectivity index (χ1v) is 6.33. The Kier molecular flexibility index (Phi) is 6.06. The van der Waals surface area contributed by atoms with E-state index in [-0.39, 0.29) is 18.2 Å². The van der Waals surface area contributed by atoms with E-state index in [2.05, 4.69) is 10.2 Å². The van der Waals surface area contributed by atoms with Crippen molar-refractivity contribution in [1.29, 1.82) is 0 Å². The maximum Gasteiger partial charge on any atom is 0.127 e. The molecule has 2 nitrogen and oxygen atoms in total. The molecule has 102 valence electrons. The predicted octanol–water partition coefficient (Wildman–Crippen LogP) is 2.74. The smallest absolute Gasteiger partial charge is 0.127 e. The first-order chi connectivity index (χ1) is 8.19. The van der Waals surface area contributed by atoms with Crippen molar-refractivity contribution in [2.45, 2.75) is 32.4 Å². The van der Waals surface area contributed by atoms with Gasteiger partial charge in [0.2, 0.25) is 0 Å². The van der Waals surface area contributed by atoms with E-state index in [4.69, 9.17) is 0 Å². The molecule has 1 aliphatic rings. The topological polar surface area (TPSA) is 15.3 Å². The summed E-state index contributed by atoms with van der Waals surface area (Å²) in [4.78, 5) is 2.34. The maximum absolute atomic E-state index is 13.6. The number of hydrogen-bond acceptors (Lipinski definition) is 2. The molecule has 1 fully saturated rings. The Balaban J connectivity index is 0.00000162. The fraction of sp³-hybridized carbons (Fsp3) is 0.571. The highest BCUT2D eigenvalue weighted by molar-refractivity contribution is 5.85. The Hall–Kier alpha value is -0.640. The van der Waals surface area contributed by atoms with Crippen molar-refractivity contribution in [2.24, 2.45) is 0 Å². The molecule has 0 amide bonds. The van der Waals surface area contributed by atoms with Crippen LogP contribution in [0.25, 0.3) is 0 Å². The van der Waals surface area contributed by atoms with E-state index in [1.54, 1.807) is 6.07 Å². The van der Waals surface area contributed by atoms with E-state index in [0.29, 0.717) is 6.04 Å². The van der Waals surface area contributed by atoms with E-state index in [0.717, 1.165) is 43.6 Å². The summed E-state index contributed by atoms with van der Waals surface area (Å²) in [5.74, 6) is -0.0775. The van der Waals surface area contributed by atoms with Gasteiger partial charge in [-0.3, -0.25) is 4.90 Å². The van der Waals surface area contributed by atoms with Crippen molar-refractivity contribution in [3.05, 3.63) is 35.1 Å². The second-order valence-corrected chi connectivity index (χ2v) is 4.93. The maximum atomic E-state index is 13.6. The Morgan fingerprint density at radius 2 is 2.00 bits per heavy atom. The lowest BCUT2D eigenvalue weighted by Gasteiger charge is -2.31. The highest BCUT2D eigenvalue weighted by Gasteiger charge is 2.18. The van der Waals surface area contributed by atoms with Gasteiger partial charge in [-0.1, -0.05) is 17.7 Å². The Labute approximate surface area is 115 Å². The molecule has 0 bridgehead atoms. The van der Waals surface area contributed by atoms with Crippen LogP contribution in [0.3, 0.4) is 0 Å². The first kappa shape index (κ1) is 15.4. The van der Waals surface area contributed by atoms with E-state index in [9.17, 15) is 4.39 Å². The molecule has 0 atom stereocenters. The number of rotatable bonds is 3. The third-order valence-electron chi connectivity index (χ3n) is 3.59. The molecule has 1 heterocycles. The zero-order valence-electron chi connectivity index (χ0n) is 11.1. The molecule has 18 heavy (non-hydrogen) atoms. The second kappa shape index (κ2) is 7.07. The average Bonchev–Trinajstić information content (AvgIpc) is 2.35. The zero-order chi connectivity index (χ0) is 12.3. The number of nitrogens with zero attached hydrogens (tertiary/aromatic N) is 1. The van der Waals surface area contributed by atoms with Crippen molar-refractivity contribution >= 4 is 12.4 Å².